The predicted octanol–water partition coefficient (Wildman–Crippen LogP) is 7.46. The normalized spacial score (nSPS) is 27.8. The first kappa shape index (κ1) is 18.6. The summed E-state index contributed by atoms with van der Waals surface area (Å²) in [6.07, 6.45) is 11.6. The fourth-order valence-electron chi connectivity index (χ4n) is 5.69. The van der Waals surface area contributed by atoms with Crippen molar-refractivity contribution in [2.24, 2.45) is 17.8 Å². The van der Waals surface area contributed by atoms with Crippen molar-refractivity contribution in [1.82, 2.24) is 0 Å². The highest BCUT2D eigenvalue weighted by atomic mass is 16.5. The molecule has 0 amide bonds. The zero-order chi connectivity index (χ0) is 18.6. The lowest BCUT2D eigenvalue weighted by atomic mass is 9.63. The van der Waals surface area contributed by atoms with Gasteiger partial charge in [0.2, 0.25) is 0 Å². The van der Waals surface area contributed by atoms with Crippen molar-refractivity contribution in [2.75, 3.05) is 7.11 Å². The smallest absolute Gasteiger partial charge is 0.118 e. The van der Waals surface area contributed by atoms with Gasteiger partial charge in [-0.1, -0.05) is 62.6 Å². The molecule has 1 nitrogen and oxygen atoms in total. The fourth-order valence-corrected chi connectivity index (χ4v) is 5.69. The van der Waals surface area contributed by atoms with Crippen LogP contribution in [-0.2, 0) is 0 Å². The molecule has 4 unspecified atom stereocenters. The Kier molecular flexibility index (Phi) is 5.86. The zero-order valence-electron chi connectivity index (χ0n) is 17.0. The molecule has 2 saturated carbocycles. The van der Waals surface area contributed by atoms with Gasteiger partial charge in [-0.15, -0.1) is 0 Å². The highest BCUT2D eigenvalue weighted by Crippen LogP contribution is 2.48. The van der Waals surface area contributed by atoms with Gasteiger partial charge in [0.05, 0.1) is 7.11 Å². The van der Waals surface area contributed by atoms with E-state index in [-0.39, 0.29) is 0 Å². The molecule has 2 aromatic rings. The highest BCUT2D eigenvalue weighted by Gasteiger charge is 2.35. The first-order valence-electron chi connectivity index (χ1n) is 11.0. The van der Waals surface area contributed by atoms with Crippen LogP contribution in [0.4, 0.5) is 0 Å². The molecule has 4 atom stereocenters. The third-order valence-corrected chi connectivity index (χ3v) is 7.22. The number of ether oxygens (including phenoxy) is 1. The van der Waals surface area contributed by atoms with Gasteiger partial charge in [0, 0.05) is 0 Å². The summed E-state index contributed by atoms with van der Waals surface area (Å²) in [5, 5.41) is 0. The van der Waals surface area contributed by atoms with E-state index in [1.165, 1.54) is 62.5 Å². The Hall–Kier alpha value is -1.76. The molecule has 0 heterocycles. The topological polar surface area (TPSA) is 9.23 Å². The van der Waals surface area contributed by atoms with E-state index in [1.54, 1.807) is 12.7 Å². The van der Waals surface area contributed by atoms with Crippen molar-refractivity contribution in [3.8, 4) is 16.9 Å². The van der Waals surface area contributed by atoms with Gasteiger partial charge in [0.25, 0.3) is 0 Å². The molecular formula is C26H34O. The van der Waals surface area contributed by atoms with Crippen molar-refractivity contribution in [3.05, 3.63) is 54.1 Å². The zero-order valence-corrected chi connectivity index (χ0v) is 17.0. The van der Waals surface area contributed by atoms with Crippen LogP contribution in [0.5, 0.6) is 5.75 Å². The highest BCUT2D eigenvalue weighted by molar-refractivity contribution is 5.64. The van der Waals surface area contributed by atoms with Gasteiger partial charge in [0.15, 0.2) is 0 Å². The monoisotopic (exact) mass is 362 g/mol. The summed E-state index contributed by atoms with van der Waals surface area (Å²) in [6, 6.07) is 17.8. The quantitative estimate of drug-likeness (QED) is 0.536. The van der Waals surface area contributed by atoms with Crippen molar-refractivity contribution in [1.29, 1.82) is 0 Å². The number of fused-ring (bicyclic) bond motifs is 1. The third-order valence-electron chi connectivity index (χ3n) is 7.22. The number of benzene rings is 2. The van der Waals surface area contributed by atoms with Gasteiger partial charge < -0.3 is 4.74 Å². The second-order valence-electron chi connectivity index (χ2n) is 8.85. The van der Waals surface area contributed by atoms with E-state index in [0.29, 0.717) is 0 Å². The van der Waals surface area contributed by atoms with Crippen LogP contribution in [0, 0.1) is 17.8 Å². The Morgan fingerprint density at radius 1 is 0.778 bits per heavy atom. The Morgan fingerprint density at radius 3 is 2.07 bits per heavy atom. The van der Waals surface area contributed by atoms with Gasteiger partial charge >= 0.3 is 0 Å². The largest absolute Gasteiger partial charge is 0.497 e. The Balaban J connectivity index is 1.39. The Bertz CT molecular complexity index is 715. The van der Waals surface area contributed by atoms with E-state index >= 15 is 0 Å². The molecular weight excluding hydrogens is 328 g/mol. The van der Waals surface area contributed by atoms with E-state index in [1.807, 2.05) is 12.1 Å². The van der Waals surface area contributed by atoms with Crippen LogP contribution in [0.25, 0.3) is 11.1 Å². The van der Waals surface area contributed by atoms with E-state index in [9.17, 15) is 0 Å². The molecule has 0 spiro atoms. The van der Waals surface area contributed by atoms with Gasteiger partial charge in [-0.25, -0.2) is 0 Å². The Labute approximate surface area is 165 Å². The maximum Gasteiger partial charge on any atom is 0.118 e. The molecule has 2 aliphatic rings. The summed E-state index contributed by atoms with van der Waals surface area (Å²) in [5.41, 5.74) is 4.12. The molecule has 144 valence electrons. The predicted molar refractivity (Wildman–Crippen MR) is 114 cm³/mol. The molecule has 0 N–H and O–H groups in total. The molecule has 2 aliphatic carbocycles. The molecule has 4 rings (SSSR count). The van der Waals surface area contributed by atoms with E-state index in [4.69, 9.17) is 4.74 Å². The number of methoxy groups -OCH3 is 1. The van der Waals surface area contributed by atoms with Gasteiger partial charge in [0.1, 0.15) is 5.75 Å². The van der Waals surface area contributed by atoms with Crippen LogP contribution >= 0.6 is 0 Å². The van der Waals surface area contributed by atoms with Crippen molar-refractivity contribution in [2.45, 2.75) is 64.2 Å². The lowest BCUT2D eigenvalue weighted by molar-refractivity contribution is 0.114. The summed E-state index contributed by atoms with van der Waals surface area (Å²) in [4.78, 5) is 0. The van der Waals surface area contributed by atoms with Crippen molar-refractivity contribution in [3.63, 3.8) is 0 Å². The third kappa shape index (κ3) is 4.23. The van der Waals surface area contributed by atoms with Gasteiger partial charge in [-0.05, 0) is 84.6 Å². The molecule has 0 aromatic heterocycles. The summed E-state index contributed by atoms with van der Waals surface area (Å²) < 4.78 is 5.27. The van der Waals surface area contributed by atoms with Crippen LogP contribution in [0.2, 0.25) is 0 Å². The minimum absolute atomic E-state index is 0.777. The first-order valence-corrected chi connectivity index (χ1v) is 11.0. The minimum atomic E-state index is 0.777. The van der Waals surface area contributed by atoms with E-state index < -0.39 is 0 Å². The second kappa shape index (κ2) is 8.50. The maximum absolute atomic E-state index is 5.27. The molecule has 2 fully saturated rings. The van der Waals surface area contributed by atoms with Crippen LogP contribution in [-0.4, -0.2) is 7.11 Å². The van der Waals surface area contributed by atoms with Crippen LogP contribution in [0.3, 0.4) is 0 Å². The SMILES string of the molecule is CCCC1CCC2CC(c3ccc(-c4ccc(OC)cc4)cc3)CCC2C1. The molecule has 2 aromatic carbocycles. The fraction of sp³-hybridized carbons (Fsp3) is 0.538. The van der Waals surface area contributed by atoms with E-state index in [0.717, 1.165) is 29.4 Å². The number of hydrogen-bond acceptors (Lipinski definition) is 1. The summed E-state index contributed by atoms with van der Waals surface area (Å²) in [5.74, 6) is 4.72. The average molecular weight is 363 g/mol. The van der Waals surface area contributed by atoms with Gasteiger partial charge in [-0.2, -0.15) is 0 Å². The molecule has 0 aliphatic heterocycles. The molecule has 0 bridgehead atoms. The molecule has 1 heteroatoms. The minimum Gasteiger partial charge on any atom is -0.497 e. The summed E-state index contributed by atoms with van der Waals surface area (Å²) in [7, 11) is 1.72. The Morgan fingerprint density at radius 2 is 1.41 bits per heavy atom. The van der Waals surface area contributed by atoms with Crippen molar-refractivity contribution >= 4 is 0 Å². The first-order chi connectivity index (χ1) is 13.3. The molecule has 27 heavy (non-hydrogen) atoms. The molecule has 0 saturated heterocycles. The molecule has 0 radical (unpaired) electrons. The lowest BCUT2D eigenvalue weighted by Crippen LogP contribution is -2.30. The van der Waals surface area contributed by atoms with Crippen molar-refractivity contribution < 1.29 is 4.74 Å². The number of rotatable bonds is 5. The van der Waals surface area contributed by atoms with Crippen LogP contribution in [0.1, 0.15) is 69.8 Å². The maximum atomic E-state index is 5.27. The summed E-state index contributed by atoms with van der Waals surface area (Å²) >= 11 is 0. The van der Waals surface area contributed by atoms with Crippen LogP contribution < -0.4 is 4.74 Å². The summed E-state index contributed by atoms with van der Waals surface area (Å²) in [6.45, 7) is 2.35. The lowest BCUT2D eigenvalue weighted by Gasteiger charge is -2.42. The average Bonchev–Trinajstić information content (AvgIpc) is 2.74. The standard InChI is InChI=1S/C26H34O/c1-3-4-19-5-6-25-18-24(12-11-23(25)17-19)22-9-7-20(8-10-22)21-13-15-26(27-2)16-14-21/h7-10,13-16,19,23-25H,3-6,11-12,17-18H2,1-2H3. The number of hydrogen-bond donors (Lipinski definition) is 0. The van der Waals surface area contributed by atoms with E-state index in [2.05, 4.69) is 43.3 Å². The second-order valence-corrected chi connectivity index (χ2v) is 8.85. The van der Waals surface area contributed by atoms with Gasteiger partial charge in [-0.3, -0.25) is 0 Å². The van der Waals surface area contributed by atoms with Crippen LogP contribution in [0.15, 0.2) is 48.5 Å².